The van der Waals surface area contributed by atoms with E-state index >= 15 is 0 Å². The zero-order chi connectivity index (χ0) is 8.27. The number of carboxylic acid groups (broad SMARTS) is 1. The van der Waals surface area contributed by atoms with Crippen molar-refractivity contribution in [3.05, 3.63) is 0 Å². The lowest BCUT2D eigenvalue weighted by atomic mass is 9.86. The molecule has 0 aromatic rings. The first kappa shape index (κ1) is 8.53. The van der Waals surface area contributed by atoms with Gasteiger partial charge in [0.15, 0.2) is 0 Å². The number of aliphatic carboxylic acids is 1. The predicted molar refractivity (Wildman–Crippen MR) is 38.6 cm³/mol. The number of nitrogens with two attached hydrogens (primary N) is 1. The van der Waals surface area contributed by atoms with Gasteiger partial charge in [0.1, 0.15) is 0 Å². The maximum atomic E-state index is 10.4. The summed E-state index contributed by atoms with van der Waals surface area (Å²) in [5, 5.41) is 12.6. The third-order valence-corrected chi connectivity index (χ3v) is 2.58. The molecule has 0 heterocycles. The zero-order valence-corrected chi connectivity index (χ0v) is 6.88. The topological polar surface area (TPSA) is 56.7 Å². The summed E-state index contributed by atoms with van der Waals surface area (Å²) in [7, 11) is 2.05. The zero-order valence-electron chi connectivity index (χ0n) is 6.88. The summed E-state index contributed by atoms with van der Waals surface area (Å²) in [4.78, 5) is 10.4. The Morgan fingerprint density at radius 2 is 1.91 bits per heavy atom. The summed E-state index contributed by atoms with van der Waals surface area (Å²) < 4.78 is 0. The Morgan fingerprint density at radius 3 is 2.27 bits per heavy atom. The lowest BCUT2D eigenvalue weighted by Gasteiger charge is -2.26. The summed E-state index contributed by atoms with van der Waals surface area (Å²) in [5.74, 6) is -1.04. The average molecular weight is 157 g/mol. The maximum absolute atomic E-state index is 10.4. The SMILES string of the molecule is C[NH2+]C1CCC(C(=O)[O-])CC1. The molecule has 0 radical (unpaired) electrons. The second kappa shape index (κ2) is 3.72. The van der Waals surface area contributed by atoms with E-state index in [2.05, 4.69) is 5.32 Å². The number of quaternary nitrogens is 1. The first-order chi connectivity index (χ1) is 5.24. The van der Waals surface area contributed by atoms with Gasteiger partial charge in [0.25, 0.3) is 0 Å². The Balaban J connectivity index is 2.30. The van der Waals surface area contributed by atoms with Crippen LogP contribution < -0.4 is 10.4 Å². The molecule has 0 unspecified atom stereocenters. The number of carbonyl (C=O) groups is 1. The van der Waals surface area contributed by atoms with Gasteiger partial charge in [0.05, 0.1) is 13.1 Å². The molecule has 0 bridgehead atoms. The van der Waals surface area contributed by atoms with Crippen molar-refractivity contribution in [3.63, 3.8) is 0 Å². The van der Waals surface area contributed by atoms with Crippen LogP contribution in [-0.2, 0) is 4.79 Å². The van der Waals surface area contributed by atoms with Gasteiger partial charge >= 0.3 is 0 Å². The predicted octanol–water partition coefficient (Wildman–Crippen LogP) is -1.51. The number of carbonyl (C=O) groups excluding carboxylic acids is 1. The molecule has 11 heavy (non-hydrogen) atoms. The maximum Gasteiger partial charge on any atom is 0.0857 e. The van der Waals surface area contributed by atoms with Gasteiger partial charge in [-0.1, -0.05) is 0 Å². The summed E-state index contributed by atoms with van der Waals surface area (Å²) in [6.45, 7) is 0. The number of rotatable bonds is 2. The molecule has 1 rings (SSSR count). The van der Waals surface area contributed by atoms with Crippen LogP contribution in [0.15, 0.2) is 0 Å². The van der Waals surface area contributed by atoms with E-state index in [1.54, 1.807) is 0 Å². The van der Waals surface area contributed by atoms with E-state index in [1.807, 2.05) is 7.05 Å². The highest BCUT2D eigenvalue weighted by atomic mass is 16.4. The quantitative estimate of drug-likeness (QED) is 0.529. The Kier molecular flexibility index (Phi) is 2.88. The fourth-order valence-corrected chi connectivity index (χ4v) is 1.69. The van der Waals surface area contributed by atoms with Crippen molar-refractivity contribution in [2.45, 2.75) is 31.7 Å². The molecule has 3 nitrogen and oxygen atoms in total. The molecule has 0 saturated heterocycles. The Hall–Kier alpha value is -0.570. The van der Waals surface area contributed by atoms with E-state index < -0.39 is 5.97 Å². The summed E-state index contributed by atoms with van der Waals surface area (Å²) >= 11 is 0. The third-order valence-electron chi connectivity index (χ3n) is 2.58. The van der Waals surface area contributed by atoms with E-state index in [0.29, 0.717) is 6.04 Å². The number of hydrogen-bond acceptors (Lipinski definition) is 2. The minimum Gasteiger partial charge on any atom is -0.550 e. The fourth-order valence-electron chi connectivity index (χ4n) is 1.69. The van der Waals surface area contributed by atoms with Crippen molar-refractivity contribution >= 4 is 5.97 Å². The largest absolute Gasteiger partial charge is 0.550 e. The Labute approximate surface area is 66.8 Å². The molecule has 1 saturated carbocycles. The van der Waals surface area contributed by atoms with Gasteiger partial charge in [-0.15, -0.1) is 0 Å². The minimum absolute atomic E-state index is 0.175. The van der Waals surface area contributed by atoms with Gasteiger partial charge in [-0.3, -0.25) is 0 Å². The highest BCUT2D eigenvalue weighted by Crippen LogP contribution is 2.21. The van der Waals surface area contributed by atoms with Crippen LogP contribution in [-0.4, -0.2) is 19.1 Å². The molecule has 64 valence electrons. The summed E-state index contributed by atoms with van der Waals surface area (Å²) in [6.07, 6.45) is 3.65. The summed E-state index contributed by atoms with van der Waals surface area (Å²) in [6, 6.07) is 0.644. The minimum atomic E-state index is -0.862. The molecular weight excluding hydrogens is 142 g/mol. The van der Waals surface area contributed by atoms with Gasteiger partial charge < -0.3 is 15.2 Å². The molecular formula is C8H15NO2. The molecule has 0 aromatic carbocycles. The molecule has 0 spiro atoms. The van der Waals surface area contributed by atoms with Crippen molar-refractivity contribution in [1.29, 1.82) is 0 Å². The molecule has 1 fully saturated rings. The van der Waals surface area contributed by atoms with E-state index in [4.69, 9.17) is 0 Å². The van der Waals surface area contributed by atoms with Crippen LogP contribution in [0.2, 0.25) is 0 Å². The van der Waals surface area contributed by atoms with Gasteiger partial charge in [-0.25, -0.2) is 0 Å². The normalized spacial score (nSPS) is 31.7. The van der Waals surface area contributed by atoms with Gasteiger partial charge in [0.2, 0.25) is 0 Å². The van der Waals surface area contributed by atoms with E-state index in [9.17, 15) is 9.90 Å². The molecule has 3 heteroatoms. The lowest BCUT2D eigenvalue weighted by molar-refractivity contribution is -0.666. The molecule has 1 aliphatic carbocycles. The summed E-state index contributed by atoms with van der Waals surface area (Å²) in [5.41, 5.74) is 0. The van der Waals surface area contributed by atoms with Gasteiger partial charge in [-0.2, -0.15) is 0 Å². The van der Waals surface area contributed by atoms with Crippen molar-refractivity contribution in [2.24, 2.45) is 5.92 Å². The van der Waals surface area contributed by atoms with Crippen LogP contribution in [0.1, 0.15) is 25.7 Å². The van der Waals surface area contributed by atoms with Crippen molar-refractivity contribution in [2.75, 3.05) is 7.05 Å². The standard InChI is InChI=1S/C8H15NO2/c1-9-7-4-2-6(3-5-7)8(10)11/h6-7,9H,2-5H2,1H3,(H,10,11). The smallest absolute Gasteiger partial charge is 0.0857 e. The van der Waals surface area contributed by atoms with E-state index in [-0.39, 0.29) is 5.92 Å². The monoisotopic (exact) mass is 157 g/mol. The van der Waals surface area contributed by atoms with E-state index in [0.717, 1.165) is 25.7 Å². The highest BCUT2D eigenvalue weighted by molar-refractivity contribution is 5.67. The Morgan fingerprint density at radius 1 is 1.36 bits per heavy atom. The van der Waals surface area contributed by atoms with Gasteiger partial charge in [-0.05, 0) is 31.6 Å². The Bertz CT molecular complexity index is 139. The van der Waals surface area contributed by atoms with Crippen LogP contribution in [0.25, 0.3) is 0 Å². The highest BCUT2D eigenvalue weighted by Gasteiger charge is 2.22. The number of hydrogen-bond donors (Lipinski definition) is 1. The third kappa shape index (κ3) is 2.19. The molecule has 0 aliphatic heterocycles. The van der Waals surface area contributed by atoms with Crippen molar-refractivity contribution < 1.29 is 15.2 Å². The lowest BCUT2D eigenvalue weighted by Crippen LogP contribution is -2.86. The number of carboxylic acids is 1. The average Bonchev–Trinajstić information content (AvgIpc) is 2.05. The molecule has 2 N–H and O–H groups in total. The van der Waals surface area contributed by atoms with E-state index in [1.165, 1.54) is 0 Å². The second-order valence-corrected chi connectivity index (χ2v) is 3.26. The second-order valence-electron chi connectivity index (χ2n) is 3.26. The molecule has 0 atom stereocenters. The first-order valence-electron chi connectivity index (χ1n) is 4.24. The van der Waals surface area contributed by atoms with Crippen LogP contribution in [0.5, 0.6) is 0 Å². The molecule has 1 aliphatic rings. The fraction of sp³-hybridized carbons (Fsp3) is 0.875. The van der Waals surface area contributed by atoms with Crippen LogP contribution >= 0.6 is 0 Å². The van der Waals surface area contributed by atoms with Gasteiger partial charge in [0, 0.05) is 5.97 Å². The van der Waals surface area contributed by atoms with Crippen LogP contribution in [0.4, 0.5) is 0 Å². The van der Waals surface area contributed by atoms with Crippen molar-refractivity contribution in [3.8, 4) is 0 Å². The molecule has 0 amide bonds. The van der Waals surface area contributed by atoms with Crippen LogP contribution in [0, 0.1) is 5.92 Å². The van der Waals surface area contributed by atoms with Crippen LogP contribution in [0.3, 0.4) is 0 Å². The van der Waals surface area contributed by atoms with Crippen molar-refractivity contribution in [1.82, 2.24) is 0 Å². The molecule has 0 aromatic heterocycles. The first-order valence-corrected chi connectivity index (χ1v) is 4.24.